The number of carbonyl (C=O) groups excluding carboxylic acids is 1. The number of nitrogens with two attached hydrogens (primary N) is 1. The zero-order valence-corrected chi connectivity index (χ0v) is 15.3. The number of rotatable bonds is 7. The van der Waals surface area contributed by atoms with E-state index in [-0.39, 0.29) is 12.5 Å². The standard InChI is InChI=1S/C20H19ClN4O2/c21-25(12-15-5-2-1-3-6-15)20(26)17-8-4-7-16(9-17)13-27-19-10-18(11-22)23-14-24-19/h1-10,14H,11-13,22H2. The molecule has 138 valence electrons. The Morgan fingerprint density at radius 3 is 2.59 bits per heavy atom. The van der Waals surface area contributed by atoms with Gasteiger partial charge in [-0.1, -0.05) is 42.5 Å². The number of halogens is 1. The van der Waals surface area contributed by atoms with Crippen molar-refractivity contribution in [2.45, 2.75) is 19.7 Å². The van der Waals surface area contributed by atoms with Gasteiger partial charge in [0.2, 0.25) is 5.88 Å². The normalized spacial score (nSPS) is 10.4. The molecular formula is C20H19ClN4O2. The first-order chi connectivity index (χ1) is 13.2. The van der Waals surface area contributed by atoms with Crippen molar-refractivity contribution in [3.8, 4) is 5.88 Å². The average Bonchev–Trinajstić information content (AvgIpc) is 2.72. The van der Waals surface area contributed by atoms with Crippen molar-refractivity contribution >= 4 is 17.7 Å². The van der Waals surface area contributed by atoms with Gasteiger partial charge in [-0.25, -0.2) is 14.4 Å². The quantitative estimate of drug-likeness (QED) is 0.634. The van der Waals surface area contributed by atoms with Crippen molar-refractivity contribution in [1.82, 2.24) is 14.4 Å². The third-order valence-electron chi connectivity index (χ3n) is 3.85. The maximum absolute atomic E-state index is 12.6. The number of nitrogens with zero attached hydrogens (tertiary/aromatic N) is 3. The Balaban J connectivity index is 1.64. The Labute approximate surface area is 162 Å². The molecule has 0 saturated heterocycles. The van der Waals surface area contributed by atoms with Crippen LogP contribution in [-0.4, -0.2) is 20.3 Å². The molecule has 0 spiro atoms. The molecule has 0 aliphatic carbocycles. The predicted octanol–water partition coefficient (Wildman–Crippen LogP) is 3.31. The Morgan fingerprint density at radius 2 is 1.81 bits per heavy atom. The van der Waals surface area contributed by atoms with Crippen molar-refractivity contribution in [3.05, 3.63) is 89.4 Å². The molecule has 3 rings (SSSR count). The number of carbonyl (C=O) groups is 1. The number of hydrogen-bond donors (Lipinski definition) is 1. The number of benzene rings is 2. The molecule has 1 amide bonds. The molecule has 0 aliphatic rings. The average molecular weight is 383 g/mol. The Hall–Kier alpha value is -2.96. The van der Waals surface area contributed by atoms with Gasteiger partial charge in [0.25, 0.3) is 5.91 Å². The van der Waals surface area contributed by atoms with Crippen molar-refractivity contribution in [2.75, 3.05) is 0 Å². The number of aromatic nitrogens is 2. The summed E-state index contributed by atoms with van der Waals surface area (Å²) in [7, 11) is 0. The van der Waals surface area contributed by atoms with E-state index < -0.39 is 0 Å². The lowest BCUT2D eigenvalue weighted by Crippen LogP contribution is -2.21. The highest BCUT2D eigenvalue weighted by molar-refractivity contribution is 6.23. The summed E-state index contributed by atoms with van der Waals surface area (Å²) in [5.74, 6) is 0.167. The maximum Gasteiger partial charge on any atom is 0.268 e. The van der Waals surface area contributed by atoms with Crippen LogP contribution in [0.25, 0.3) is 0 Å². The number of amides is 1. The molecule has 2 aromatic carbocycles. The third kappa shape index (κ3) is 5.26. The fourth-order valence-corrected chi connectivity index (χ4v) is 2.71. The summed E-state index contributed by atoms with van der Waals surface area (Å²) in [6.07, 6.45) is 1.41. The highest BCUT2D eigenvalue weighted by Gasteiger charge is 2.14. The molecule has 0 fully saturated rings. The summed E-state index contributed by atoms with van der Waals surface area (Å²) in [5, 5.41) is 0. The molecule has 6 nitrogen and oxygen atoms in total. The van der Waals surface area contributed by atoms with E-state index in [9.17, 15) is 4.79 Å². The second-order valence-corrected chi connectivity index (χ2v) is 6.26. The second-order valence-electron chi connectivity index (χ2n) is 5.85. The molecule has 0 bridgehead atoms. The molecule has 0 saturated carbocycles. The minimum absolute atomic E-state index is 0.267. The summed E-state index contributed by atoms with van der Waals surface area (Å²) >= 11 is 6.18. The molecule has 1 heterocycles. The third-order valence-corrected chi connectivity index (χ3v) is 4.13. The van der Waals surface area contributed by atoms with Crippen LogP contribution < -0.4 is 10.5 Å². The summed E-state index contributed by atoms with van der Waals surface area (Å²) in [6.45, 7) is 0.906. The van der Waals surface area contributed by atoms with Gasteiger partial charge in [0.05, 0.1) is 12.2 Å². The topological polar surface area (TPSA) is 81.3 Å². The van der Waals surface area contributed by atoms with Gasteiger partial charge in [0.1, 0.15) is 12.9 Å². The molecule has 0 radical (unpaired) electrons. The fraction of sp³-hybridized carbons (Fsp3) is 0.150. The summed E-state index contributed by atoms with van der Waals surface area (Å²) in [4.78, 5) is 20.7. The lowest BCUT2D eigenvalue weighted by Gasteiger charge is -2.14. The first-order valence-electron chi connectivity index (χ1n) is 8.40. The van der Waals surface area contributed by atoms with Gasteiger partial charge in [-0.2, -0.15) is 0 Å². The monoisotopic (exact) mass is 382 g/mol. The van der Waals surface area contributed by atoms with Gasteiger partial charge in [0, 0.05) is 30.0 Å². The highest BCUT2D eigenvalue weighted by Crippen LogP contribution is 2.15. The van der Waals surface area contributed by atoms with E-state index in [1.807, 2.05) is 36.4 Å². The zero-order chi connectivity index (χ0) is 19.1. The van der Waals surface area contributed by atoms with Gasteiger partial charge in [-0.15, -0.1) is 0 Å². The van der Waals surface area contributed by atoms with Gasteiger partial charge in [-0.05, 0) is 23.3 Å². The Bertz CT molecular complexity index is 905. The molecule has 0 atom stereocenters. The van der Waals surface area contributed by atoms with Crippen LogP contribution in [0.2, 0.25) is 0 Å². The van der Waals surface area contributed by atoms with E-state index in [0.29, 0.717) is 30.2 Å². The molecule has 0 aliphatic heterocycles. The predicted molar refractivity (Wildman–Crippen MR) is 103 cm³/mol. The van der Waals surface area contributed by atoms with Crippen molar-refractivity contribution < 1.29 is 9.53 Å². The van der Waals surface area contributed by atoms with Crippen LogP contribution in [0.1, 0.15) is 27.2 Å². The SMILES string of the molecule is NCc1cc(OCc2cccc(C(=O)N(Cl)Cc3ccccc3)c2)ncn1. The molecular weight excluding hydrogens is 364 g/mol. The summed E-state index contributed by atoms with van der Waals surface area (Å²) < 4.78 is 6.83. The minimum Gasteiger partial charge on any atom is -0.473 e. The first-order valence-corrected chi connectivity index (χ1v) is 8.74. The fourth-order valence-electron chi connectivity index (χ4n) is 2.47. The van der Waals surface area contributed by atoms with Gasteiger partial charge in [-0.3, -0.25) is 4.79 Å². The van der Waals surface area contributed by atoms with Crippen LogP contribution in [0.3, 0.4) is 0 Å². The highest BCUT2D eigenvalue weighted by atomic mass is 35.5. The Morgan fingerprint density at radius 1 is 1.04 bits per heavy atom. The van der Waals surface area contributed by atoms with Crippen LogP contribution in [0.5, 0.6) is 5.88 Å². The largest absolute Gasteiger partial charge is 0.473 e. The molecule has 3 aromatic rings. The van der Waals surface area contributed by atoms with Gasteiger partial charge >= 0.3 is 0 Å². The minimum atomic E-state index is -0.269. The molecule has 0 unspecified atom stereocenters. The van der Waals surface area contributed by atoms with Gasteiger partial charge < -0.3 is 10.5 Å². The van der Waals surface area contributed by atoms with Crippen LogP contribution in [0, 0.1) is 0 Å². The van der Waals surface area contributed by atoms with E-state index in [1.54, 1.807) is 24.3 Å². The lowest BCUT2D eigenvalue weighted by molar-refractivity contribution is 0.0857. The summed E-state index contributed by atoms with van der Waals surface area (Å²) in [5.41, 5.74) is 8.54. The van der Waals surface area contributed by atoms with Gasteiger partial charge in [0.15, 0.2) is 0 Å². The van der Waals surface area contributed by atoms with E-state index in [0.717, 1.165) is 11.1 Å². The maximum atomic E-state index is 12.6. The van der Waals surface area contributed by atoms with E-state index in [4.69, 9.17) is 22.2 Å². The smallest absolute Gasteiger partial charge is 0.268 e. The van der Waals surface area contributed by atoms with Crippen LogP contribution in [0.15, 0.2) is 67.0 Å². The lowest BCUT2D eigenvalue weighted by atomic mass is 10.1. The molecule has 1 aromatic heterocycles. The van der Waals surface area contributed by atoms with Crippen LogP contribution in [-0.2, 0) is 19.7 Å². The molecule has 7 heteroatoms. The number of ether oxygens (including phenoxy) is 1. The molecule has 2 N–H and O–H groups in total. The first kappa shape index (κ1) is 18.8. The number of hydrogen-bond acceptors (Lipinski definition) is 5. The van der Waals surface area contributed by atoms with Crippen molar-refractivity contribution in [1.29, 1.82) is 0 Å². The zero-order valence-electron chi connectivity index (χ0n) is 14.6. The summed E-state index contributed by atoms with van der Waals surface area (Å²) in [6, 6.07) is 18.4. The Kier molecular flexibility index (Phi) is 6.35. The van der Waals surface area contributed by atoms with Crippen LogP contribution >= 0.6 is 11.8 Å². The van der Waals surface area contributed by atoms with E-state index in [1.165, 1.54) is 10.7 Å². The van der Waals surface area contributed by atoms with E-state index >= 15 is 0 Å². The van der Waals surface area contributed by atoms with Crippen molar-refractivity contribution in [3.63, 3.8) is 0 Å². The second kappa shape index (κ2) is 9.12. The van der Waals surface area contributed by atoms with Crippen LogP contribution in [0.4, 0.5) is 0 Å². The molecule has 27 heavy (non-hydrogen) atoms. The van der Waals surface area contributed by atoms with E-state index in [2.05, 4.69) is 9.97 Å². The van der Waals surface area contributed by atoms with Crippen molar-refractivity contribution in [2.24, 2.45) is 5.73 Å².